The number of rotatable bonds is 9. The molecule has 0 aromatic heterocycles. The van der Waals surface area contributed by atoms with E-state index in [0.29, 0.717) is 54.9 Å². The zero-order chi connectivity index (χ0) is 28.9. The molecule has 0 saturated carbocycles. The molecule has 0 spiro atoms. The predicted molar refractivity (Wildman–Crippen MR) is 156 cm³/mol. The number of likely N-dealkylation sites (tertiary alicyclic amines) is 1. The van der Waals surface area contributed by atoms with Gasteiger partial charge in [0.15, 0.2) is 0 Å². The van der Waals surface area contributed by atoms with Gasteiger partial charge in [0.1, 0.15) is 5.82 Å². The molecule has 4 rings (SSSR count). The van der Waals surface area contributed by atoms with Crippen molar-refractivity contribution in [2.45, 2.75) is 51.7 Å². The molecule has 1 heterocycles. The standard InChI is InChI=1S/C32H37ClFN3O3/c1-21-7-3-8-24(17-21)30-27(10-4-11-28(30)33)32(40,14-6-15-36-22(2)38)25-9-5-16-37(20-25)31(39)26-13-12-23(19-35)18-29(26)34/h3-4,7-8,10-13,17-18,25,40H,5-6,9,14-16,19-20,35H2,1-2H3,(H,36,38). The number of nitrogens with zero attached hydrogens (tertiary/aromatic N) is 1. The minimum Gasteiger partial charge on any atom is -0.385 e. The largest absolute Gasteiger partial charge is 0.385 e. The van der Waals surface area contributed by atoms with E-state index in [0.717, 1.165) is 16.7 Å². The maximum atomic E-state index is 14.8. The molecule has 2 atom stereocenters. The van der Waals surface area contributed by atoms with Crippen molar-refractivity contribution in [2.75, 3.05) is 19.6 Å². The van der Waals surface area contributed by atoms with E-state index in [-0.39, 0.29) is 30.5 Å². The van der Waals surface area contributed by atoms with Gasteiger partial charge in [0.2, 0.25) is 5.91 Å². The third-order valence-electron chi connectivity index (χ3n) is 7.78. The number of amides is 2. The number of carbonyl (C=O) groups excluding carboxylic acids is 2. The number of carbonyl (C=O) groups is 2. The van der Waals surface area contributed by atoms with Crippen LogP contribution in [-0.2, 0) is 16.9 Å². The van der Waals surface area contributed by atoms with Crippen LogP contribution in [0.1, 0.15) is 59.7 Å². The Bertz CT molecular complexity index is 1380. The lowest BCUT2D eigenvalue weighted by molar-refractivity contribution is -0.119. The molecule has 3 aromatic carbocycles. The molecule has 8 heteroatoms. The Balaban J connectivity index is 1.72. The third-order valence-corrected chi connectivity index (χ3v) is 8.09. The molecule has 1 fully saturated rings. The first kappa shape index (κ1) is 29.7. The van der Waals surface area contributed by atoms with Crippen molar-refractivity contribution in [3.05, 3.63) is 93.8 Å². The molecular weight excluding hydrogens is 529 g/mol. The summed E-state index contributed by atoms with van der Waals surface area (Å²) in [6.07, 6.45) is 2.20. The average molecular weight is 566 g/mol. The number of halogens is 2. The Morgan fingerprint density at radius 3 is 2.65 bits per heavy atom. The molecule has 3 aromatic rings. The van der Waals surface area contributed by atoms with Crippen LogP contribution in [0.5, 0.6) is 0 Å². The van der Waals surface area contributed by atoms with E-state index in [1.807, 2.05) is 49.4 Å². The second kappa shape index (κ2) is 12.9. The van der Waals surface area contributed by atoms with Crippen molar-refractivity contribution in [1.29, 1.82) is 0 Å². The molecular formula is C32H37ClFN3O3. The number of aryl methyl sites for hydroxylation is 1. The quantitative estimate of drug-likeness (QED) is 0.296. The molecule has 0 radical (unpaired) electrons. The van der Waals surface area contributed by atoms with E-state index < -0.39 is 17.3 Å². The van der Waals surface area contributed by atoms with Crippen molar-refractivity contribution >= 4 is 23.4 Å². The summed E-state index contributed by atoms with van der Waals surface area (Å²) in [6.45, 7) is 4.78. The first-order valence-electron chi connectivity index (χ1n) is 13.7. The lowest BCUT2D eigenvalue weighted by Gasteiger charge is -2.44. The molecule has 212 valence electrons. The minimum atomic E-state index is -1.36. The highest BCUT2D eigenvalue weighted by atomic mass is 35.5. The van der Waals surface area contributed by atoms with Gasteiger partial charge in [-0.1, -0.05) is 59.6 Å². The SMILES string of the molecule is CC(=O)NCCCC(O)(c1cccc(Cl)c1-c1cccc(C)c1)C1CCCN(C(=O)c2ccc(CN)cc2F)C1. The molecule has 2 amide bonds. The Hall–Kier alpha value is -3.26. The first-order chi connectivity index (χ1) is 19.1. The fraction of sp³-hybridized carbons (Fsp3) is 0.375. The Labute approximate surface area is 240 Å². The van der Waals surface area contributed by atoms with Gasteiger partial charge in [-0.25, -0.2) is 4.39 Å². The highest BCUT2D eigenvalue weighted by molar-refractivity contribution is 6.33. The van der Waals surface area contributed by atoms with Gasteiger partial charge >= 0.3 is 0 Å². The summed E-state index contributed by atoms with van der Waals surface area (Å²) in [7, 11) is 0. The zero-order valence-corrected chi connectivity index (χ0v) is 23.8. The molecule has 2 unspecified atom stereocenters. The molecule has 4 N–H and O–H groups in total. The molecule has 6 nitrogen and oxygen atoms in total. The van der Waals surface area contributed by atoms with Gasteiger partial charge in [-0.2, -0.15) is 0 Å². The number of aliphatic hydroxyl groups is 1. The number of nitrogens with two attached hydrogens (primary N) is 1. The molecule has 1 aliphatic rings. The number of piperidine rings is 1. The summed E-state index contributed by atoms with van der Waals surface area (Å²) in [5.41, 5.74) is 8.28. The lowest BCUT2D eigenvalue weighted by atomic mass is 9.72. The fourth-order valence-electron chi connectivity index (χ4n) is 5.74. The van der Waals surface area contributed by atoms with Gasteiger partial charge in [0.05, 0.1) is 11.2 Å². The van der Waals surface area contributed by atoms with Gasteiger partial charge < -0.3 is 21.1 Å². The number of nitrogens with one attached hydrogen (secondary N) is 1. The van der Waals surface area contributed by atoms with Crippen molar-refractivity contribution in [2.24, 2.45) is 11.7 Å². The van der Waals surface area contributed by atoms with E-state index in [1.165, 1.54) is 19.1 Å². The Morgan fingerprint density at radius 1 is 1.18 bits per heavy atom. The van der Waals surface area contributed by atoms with Crippen molar-refractivity contribution in [3.8, 4) is 11.1 Å². The highest BCUT2D eigenvalue weighted by Crippen LogP contribution is 2.45. The summed E-state index contributed by atoms with van der Waals surface area (Å²) in [4.78, 5) is 26.6. The van der Waals surface area contributed by atoms with Gasteiger partial charge in [-0.05, 0) is 67.5 Å². The van der Waals surface area contributed by atoms with Gasteiger partial charge in [0.25, 0.3) is 5.91 Å². The van der Waals surface area contributed by atoms with E-state index >= 15 is 0 Å². The Kier molecular flexibility index (Phi) is 9.61. The van der Waals surface area contributed by atoms with Crippen LogP contribution in [0, 0.1) is 18.7 Å². The third kappa shape index (κ3) is 6.54. The Morgan fingerprint density at radius 2 is 1.95 bits per heavy atom. The van der Waals surface area contributed by atoms with E-state index in [9.17, 15) is 19.1 Å². The van der Waals surface area contributed by atoms with E-state index in [2.05, 4.69) is 5.32 Å². The summed E-state index contributed by atoms with van der Waals surface area (Å²) in [6, 6.07) is 17.9. The van der Waals surface area contributed by atoms with Crippen molar-refractivity contribution in [3.63, 3.8) is 0 Å². The van der Waals surface area contributed by atoms with Gasteiger partial charge in [-0.15, -0.1) is 0 Å². The second-order valence-electron chi connectivity index (χ2n) is 10.7. The number of benzene rings is 3. The predicted octanol–water partition coefficient (Wildman–Crippen LogP) is 5.57. The zero-order valence-electron chi connectivity index (χ0n) is 23.1. The molecule has 1 saturated heterocycles. The topological polar surface area (TPSA) is 95.7 Å². The van der Waals surface area contributed by atoms with Crippen LogP contribution in [0.4, 0.5) is 4.39 Å². The molecule has 0 bridgehead atoms. The minimum absolute atomic E-state index is 0.00440. The summed E-state index contributed by atoms with van der Waals surface area (Å²) in [5, 5.41) is 15.9. The molecule has 40 heavy (non-hydrogen) atoms. The smallest absolute Gasteiger partial charge is 0.256 e. The summed E-state index contributed by atoms with van der Waals surface area (Å²) >= 11 is 6.78. The maximum Gasteiger partial charge on any atom is 0.256 e. The van der Waals surface area contributed by atoms with Crippen LogP contribution in [0.25, 0.3) is 11.1 Å². The second-order valence-corrected chi connectivity index (χ2v) is 11.1. The average Bonchev–Trinajstić information content (AvgIpc) is 2.94. The monoisotopic (exact) mass is 565 g/mol. The van der Waals surface area contributed by atoms with Crippen LogP contribution in [0.15, 0.2) is 60.7 Å². The van der Waals surface area contributed by atoms with Crippen molar-refractivity contribution < 1.29 is 19.1 Å². The van der Waals surface area contributed by atoms with Gasteiger partial charge in [0, 0.05) is 49.6 Å². The first-order valence-corrected chi connectivity index (χ1v) is 14.1. The molecule has 0 aliphatic carbocycles. The summed E-state index contributed by atoms with van der Waals surface area (Å²) in [5.74, 6) is -1.48. The van der Waals surface area contributed by atoms with Crippen LogP contribution < -0.4 is 11.1 Å². The highest BCUT2D eigenvalue weighted by Gasteiger charge is 2.43. The summed E-state index contributed by atoms with van der Waals surface area (Å²) < 4.78 is 14.8. The van der Waals surface area contributed by atoms with Crippen LogP contribution >= 0.6 is 11.6 Å². The molecule has 1 aliphatic heterocycles. The van der Waals surface area contributed by atoms with Crippen LogP contribution in [0.3, 0.4) is 0 Å². The lowest BCUT2D eigenvalue weighted by Crippen LogP contribution is -2.48. The normalized spacial score (nSPS) is 16.9. The van der Waals surface area contributed by atoms with Crippen LogP contribution in [0.2, 0.25) is 5.02 Å². The van der Waals surface area contributed by atoms with E-state index in [4.69, 9.17) is 17.3 Å². The van der Waals surface area contributed by atoms with Crippen molar-refractivity contribution in [1.82, 2.24) is 10.2 Å². The van der Waals surface area contributed by atoms with E-state index in [1.54, 1.807) is 11.0 Å². The fourth-order valence-corrected chi connectivity index (χ4v) is 6.02. The van der Waals surface area contributed by atoms with Gasteiger partial charge in [-0.3, -0.25) is 9.59 Å². The number of hydrogen-bond acceptors (Lipinski definition) is 4. The number of hydrogen-bond donors (Lipinski definition) is 3. The maximum absolute atomic E-state index is 14.8. The van der Waals surface area contributed by atoms with Crippen LogP contribution in [-0.4, -0.2) is 41.5 Å².